The molecule has 0 aromatic carbocycles. The van der Waals surface area contributed by atoms with E-state index in [2.05, 4.69) is 9.05 Å². The Kier molecular flexibility index (Phi) is 7.00. The van der Waals surface area contributed by atoms with Crippen LogP contribution >= 0.6 is 7.82 Å². The average molecular weight is 421 g/mol. The van der Waals surface area contributed by atoms with Gasteiger partial charge in [0.1, 0.15) is 73.2 Å². The molecule has 0 aromatic rings. The van der Waals surface area contributed by atoms with Gasteiger partial charge in [-0.2, -0.15) is 0 Å². The van der Waals surface area contributed by atoms with Crippen LogP contribution in [0.5, 0.6) is 0 Å². The second-order valence-electron chi connectivity index (χ2n) is 6.49. The van der Waals surface area contributed by atoms with E-state index in [1.54, 1.807) is 0 Å². The smallest absolute Gasteiger partial charge is 0.268 e. The maximum absolute atomic E-state index is 12.0. The first kappa shape index (κ1) is 23.0. The van der Waals surface area contributed by atoms with Crippen LogP contribution < -0.4 is 4.89 Å². The highest BCUT2D eigenvalue weighted by Crippen LogP contribution is 2.46. The van der Waals surface area contributed by atoms with Crippen LogP contribution in [0, 0.1) is 0 Å². The lowest BCUT2D eigenvalue weighted by atomic mass is 9.85. The lowest BCUT2D eigenvalue weighted by molar-refractivity contribution is -0.278. The summed E-state index contributed by atoms with van der Waals surface area (Å²) in [5, 5.41) is 96.0. The zero-order valence-electron chi connectivity index (χ0n) is 13.5. The molecular weight excluding hydrogens is 399 g/mol. The summed E-state index contributed by atoms with van der Waals surface area (Å²) in [5.74, 6) is 0. The molecule has 5 unspecified atom stereocenters. The summed E-state index contributed by atoms with van der Waals surface area (Å²) in [5.41, 5.74) is 0. The molecular formula is C12H22O14P-. The van der Waals surface area contributed by atoms with Crippen molar-refractivity contribution in [2.24, 2.45) is 0 Å². The van der Waals surface area contributed by atoms with Crippen molar-refractivity contribution in [3.63, 3.8) is 0 Å². The quantitative estimate of drug-likeness (QED) is 0.189. The molecule has 2 rings (SSSR count). The Morgan fingerprint density at radius 1 is 0.481 bits per heavy atom. The molecule has 2 saturated carbocycles. The van der Waals surface area contributed by atoms with Gasteiger partial charge < -0.3 is 65.0 Å². The van der Waals surface area contributed by atoms with Gasteiger partial charge in [0.15, 0.2) is 0 Å². The molecule has 0 amide bonds. The fraction of sp³-hybridized carbons (Fsp3) is 1.00. The van der Waals surface area contributed by atoms with Gasteiger partial charge in [0.2, 0.25) is 0 Å². The third-order valence-electron chi connectivity index (χ3n) is 4.65. The van der Waals surface area contributed by atoms with E-state index in [1.165, 1.54) is 0 Å². The molecule has 0 aromatic heterocycles. The van der Waals surface area contributed by atoms with E-state index in [-0.39, 0.29) is 0 Å². The number of rotatable bonds is 4. The van der Waals surface area contributed by atoms with Gasteiger partial charge in [-0.3, -0.25) is 4.57 Å². The third kappa shape index (κ3) is 4.34. The number of aliphatic hydroxyl groups excluding tert-OH is 10. The molecule has 2 fully saturated rings. The van der Waals surface area contributed by atoms with E-state index < -0.39 is 81.1 Å². The highest BCUT2D eigenvalue weighted by molar-refractivity contribution is 7.45. The van der Waals surface area contributed by atoms with Crippen molar-refractivity contribution in [3.05, 3.63) is 0 Å². The molecule has 0 radical (unpaired) electrons. The number of hydrogen-bond acceptors (Lipinski definition) is 14. The van der Waals surface area contributed by atoms with Gasteiger partial charge in [0, 0.05) is 0 Å². The molecule has 0 aliphatic heterocycles. The first-order valence-electron chi connectivity index (χ1n) is 7.78. The minimum Gasteiger partial charge on any atom is -0.756 e. The maximum Gasteiger partial charge on any atom is 0.268 e. The molecule has 0 heterocycles. The molecule has 2 aliphatic rings. The molecule has 10 N–H and O–H groups in total. The highest BCUT2D eigenvalue weighted by Gasteiger charge is 2.53. The van der Waals surface area contributed by atoms with E-state index in [0.29, 0.717) is 0 Å². The van der Waals surface area contributed by atoms with Gasteiger partial charge in [-0.1, -0.05) is 0 Å². The summed E-state index contributed by atoms with van der Waals surface area (Å²) in [4.78, 5) is 12.0. The monoisotopic (exact) mass is 421 g/mol. The maximum atomic E-state index is 12.0. The standard InChI is InChI=1S/C12H23O14P/c13-1-3(15)7(19)11(8(20)4(1)16)25-27(23,24)26-12-9(21)5(17)2(14)6(18)10(12)22/h1-22H,(H,23,24)/p-1/t1?,2?,3-,4+,5-,6+,7-,8-,9+,10+,11?,12?. The summed E-state index contributed by atoms with van der Waals surface area (Å²) < 4.78 is 20.8. The van der Waals surface area contributed by atoms with Crippen LogP contribution in [-0.4, -0.2) is 124 Å². The largest absolute Gasteiger partial charge is 0.756 e. The molecule has 2 aliphatic carbocycles. The average Bonchev–Trinajstić information content (AvgIpc) is 2.62. The van der Waals surface area contributed by atoms with Crippen LogP contribution in [0.1, 0.15) is 0 Å². The molecule has 0 saturated heterocycles. The zero-order valence-corrected chi connectivity index (χ0v) is 14.4. The van der Waals surface area contributed by atoms with Crippen molar-refractivity contribution in [2.75, 3.05) is 0 Å². The van der Waals surface area contributed by atoms with Crippen LogP contribution in [0.25, 0.3) is 0 Å². The summed E-state index contributed by atoms with van der Waals surface area (Å²) in [6.45, 7) is 0. The van der Waals surface area contributed by atoms with Crippen molar-refractivity contribution in [3.8, 4) is 0 Å². The van der Waals surface area contributed by atoms with Crippen LogP contribution in [0.4, 0.5) is 0 Å². The SMILES string of the molecule is O=P([O-])(OC1[C@@H](O)[C@H](O)C(O)[C@H](O)[C@@H]1O)OC1[C@H](O)[C@H](O)C(O)[C@H](O)[C@H]1O. The van der Waals surface area contributed by atoms with Gasteiger partial charge in [-0.15, -0.1) is 0 Å². The molecule has 160 valence electrons. The third-order valence-corrected chi connectivity index (χ3v) is 5.65. The minimum atomic E-state index is -5.62. The van der Waals surface area contributed by atoms with Crippen molar-refractivity contribution >= 4 is 7.82 Å². The first-order valence-corrected chi connectivity index (χ1v) is 9.24. The highest BCUT2D eigenvalue weighted by atomic mass is 31.2. The second-order valence-corrected chi connectivity index (χ2v) is 7.81. The number of phosphoric acid groups is 1. The van der Waals surface area contributed by atoms with E-state index in [4.69, 9.17) is 0 Å². The normalized spacial score (nSPS) is 53.7. The molecule has 0 bridgehead atoms. The number of phosphoric ester groups is 1. The van der Waals surface area contributed by atoms with Crippen molar-refractivity contribution < 1.29 is 69.6 Å². The van der Waals surface area contributed by atoms with Crippen molar-refractivity contribution in [1.29, 1.82) is 0 Å². The Labute approximate surface area is 151 Å². The second kappa shape index (κ2) is 8.22. The van der Waals surface area contributed by atoms with Crippen LogP contribution in [0.15, 0.2) is 0 Å². The lowest BCUT2D eigenvalue weighted by Crippen LogP contribution is -2.65. The summed E-state index contributed by atoms with van der Waals surface area (Å²) >= 11 is 0. The number of hydrogen-bond donors (Lipinski definition) is 10. The van der Waals surface area contributed by atoms with E-state index in [0.717, 1.165) is 0 Å². The summed E-state index contributed by atoms with van der Waals surface area (Å²) in [6.07, 6.45) is -25.4. The Bertz CT molecular complexity index is 486. The minimum absolute atomic E-state index is 2.00. The van der Waals surface area contributed by atoms with Gasteiger partial charge in [0.25, 0.3) is 7.82 Å². The molecule has 0 spiro atoms. The van der Waals surface area contributed by atoms with Gasteiger partial charge >= 0.3 is 0 Å². The lowest BCUT2D eigenvalue weighted by Gasteiger charge is -2.46. The summed E-state index contributed by atoms with van der Waals surface area (Å²) in [6, 6.07) is 0. The summed E-state index contributed by atoms with van der Waals surface area (Å²) in [7, 11) is -5.62. The number of aliphatic hydroxyl groups is 10. The predicted octanol–water partition coefficient (Wildman–Crippen LogP) is -7.14. The molecule has 27 heavy (non-hydrogen) atoms. The van der Waals surface area contributed by atoms with Gasteiger partial charge in [-0.05, 0) is 0 Å². The Hall–Kier alpha value is -0.290. The van der Waals surface area contributed by atoms with Crippen molar-refractivity contribution in [2.45, 2.75) is 73.2 Å². The van der Waals surface area contributed by atoms with Crippen molar-refractivity contribution in [1.82, 2.24) is 0 Å². The Morgan fingerprint density at radius 2 is 0.667 bits per heavy atom. The molecule has 13 atom stereocenters. The van der Waals surface area contributed by atoms with E-state index in [1.807, 2.05) is 0 Å². The fourth-order valence-electron chi connectivity index (χ4n) is 2.97. The first-order chi connectivity index (χ1) is 12.3. The van der Waals surface area contributed by atoms with Crippen LogP contribution in [0.3, 0.4) is 0 Å². The van der Waals surface area contributed by atoms with E-state index >= 15 is 0 Å². The van der Waals surface area contributed by atoms with Crippen LogP contribution in [0.2, 0.25) is 0 Å². The fourth-order valence-corrected chi connectivity index (χ4v) is 4.11. The molecule has 15 heteroatoms. The van der Waals surface area contributed by atoms with E-state index in [9.17, 15) is 60.5 Å². The zero-order chi connectivity index (χ0) is 20.8. The topological polar surface area (TPSA) is 261 Å². The molecule has 14 nitrogen and oxygen atoms in total. The Balaban J connectivity index is 2.15. The Morgan fingerprint density at radius 3 is 0.889 bits per heavy atom. The van der Waals surface area contributed by atoms with Crippen LogP contribution in [-0.2, 0) is 13.6 Å². The van der Waals surface area contributed by atoms with Gasteiger partial charge in [-0.25, -0.2) is 0 Å². The van der Waals surface area contributed by atoms with Gasteiger partial charge in [0.05, 0.1) is 0 Å². The predicted molar refractivity (Wildman–Crippen MR) is 77.4 cm³/mol.